The first kappa shape index (κ1) is 50.3. The number of anilines is 1. The van der Waals surface area contributed by atoms with Gasteiger partial charge in [-0.3, -0.25) is 9.59 Å². The Hall–Kier alpha value is -3.73. The van der Waals surface area contributed by atoms with Crippen molar-refractivity contribution in [2.75, 3.05) is 44.2 Å². The molecule has 3 heterocycles. The van der Waals surface area contributed by atoms with Crippen LogP contribution in [0.15, 0.2) is 91.2 Å². The number of hydrogen-bond donors (Lipinski definition) is 2. The Labute approximate surface area is 397 Å². The molecule has 3 aliphatic rings. The molecule has 1 saturated heterocycles. The van der Waals surface area contributed by atoms with Gasteiger partial charge in [0, 0.05) is 74.7 Å². The van der Waals surface area contributed by atoms with Crippen molar-refractivity contribution in [2.24, 2.45) is 0 Å². The van der Waals surface area contributed by atoms with Gasteiger partial charge in [0.15, 0.2) is 6.54 Å². The van der Waals surface area contributed by atoms with Crippen molar-refractivity contribution in [3.63, 3.8) is 0 Å². The van der Waals surface area contributed by atoms with Crippen LogP contribution in [0.2, 0.25) is 0 Å². The number of amides is 1. The van der Waals surface area contributed by atoms with E-state index in [1.165, 1.54) is 47.4 Å². The summed E-state index contributed by atoms with van der Waals surface area (Å²) in [5, 5.41) is 19.8. The molecule has 0 unspecified atom stereocenters. The first-order chi connectivity index (χ1) is 29.5. The summed E-state index contributed by atoms with van der Waals surface area (Å²) < 4.78 is 79.9. The Balaban J connectivity index is 0.00000748. The second-order valence-corrected chi connectivity index (χ2v) is 19.9. The number of aromatic nitrogens is 1. The number of hydrogen-bond acceptors (Lipinski definition) is 14. The monoisotopic (exact) mass is 952 g/mol. The Morgan fingerprint density at radius 1 is 0.825 bits per heavy atom. The van der Waals surface area contributed by atoms with Crippen LogP contribution in [-0.4, -0.2) is 103 Å². The van der Waals surface area contributed by atoms with Crippen molar-refractivity contribution < 1.29 is 89.4 Å². The molecule has 2 aromatic carbocycles. The average Bonchev–Trinajstić information content (AvgIpc) is 3.90. The summed E-state index contributed by atoms with van der Waals surface area (Å²) in [7, 11) is -9.42. The molecule has 21 heteroatoms. The van der Waals surface area contributed by atoms with Gasteiger partial charge in [-0.15, -0.1) is 0 Å². The zero-order chi connectivity index (χ0) is 44.6. The molecule has 0 bridgehead atoms. The molecular weight excluding hydrogens is 904 g/mol. The Bertz CT molecular complexity index is 2550. The minimum Gasteiger partial charge on any atom is -0.744 e. The van der Waals surface area contributed by atoms with E-state index in [2.05, 4.69) is 4.90 Å². The molecule has 2 N–H and O–H groups in total. The maximum absolute atomic E-state index is 12.6. The van der Waals surface area contributed by atoms with Gasteiger partial charge in [-0.2, -0.15) is 4.57 Å². The molecule has 2 aliphatic heterocycles. The second kappa shape index (κ2) is 22.4. The topological polar surface area (TPSA) is 229 Å². The van der Waals surface area contributed by atoms with Gasteiger partial charge in [-0.25, -0.2) is 21.6 Å². The summed E-state index contributed by atoms with van der Waals surface area (Å²) in [4.78, 5) is 40.8. The van der Waals surface area contributed by atoms with Crippen molar-refractivity contribution in [3.8, 4) is 0 Å². The second-order valence-electron chi connectivity index (χ2n) is 15.0. The normalized spacial score (nSPS) is 17.0. The maximum Gasteiger partial charge on any atom is 1.00 e. The molecular formula is C42H49N4NaO12S4. The third-order valence-electron chi connectivity index (χ3n) is 10.8. The van der Waals surface area contributed by atoms with Gasteiger partial charge in [0.05, 0.1) is 27.1 Å². The predicted octanol–water partition coefficient (Wildman–Crippen LogP) is 3.51. The van der Waals surface area contributed by atoms with E-state index in [9.17, 15) is 40.3 Å². The van der Waals surface area contributed by atoms with Gasteiger partial charge < -0.3 is 38.8 Å². The summed E-state index contributed by atoms with van der Waals surface area (Å²) in [6.45, 7) is 4.95. The largest absolute Gasteiger partial charge is 1.00 e. The summed E-state index contributed by atoms with van der Waals surface area (Å²) in [6.07, 6.45) is 12.7. The van der Waals surface area contributed by atoms with Gasteiger partial charge in [-0.1, -0.05) is 35.6 Å². The van der Waals surface area contributed by atoms with Crippen LogP contribution < -0.4 is 39.0 Å². The van der Waals surface area contributed by atoms with Gasteiger partial charge in [0.1, 0.15) is 24.9 Å². The van der Waals surface area contributed by atoms with Gasteiger partial charge >= 0.3 is 47.6 Å². The minimum atomic E-state index is -4.71. The Morgan fingerprint density at radius 2 is 1.48 bits per heavy atom. The molecule has 6 rings (SSSR count). The van der Waals surface area contributed by atoms with Crippen LogP contribution in [0.25, 0.3) is 16.3 Å². The standard InChI is InChI=1S/C42H50N4O12S4.Na/c1-2-58-42(51)44-25-23-43(24-26-44)41-29(13-19-37-45(21-7-3-5-9-39(47)48)33-27-31(61(52,53)54)15-17-35(33)59-37)11-12-30(41)14-20-38-46(22-8-4-6-10-40(49)50)34-28-32(62(55,56)57)16-18-36(34)60-38;/h13-20,27-28H,2-12,21-26H2,1H3,(H3-,47,48,49,50,52,53,54,55,56,57);/q;+1/p-1. The van der Waals surface area contributed by atoms with E-state index in [0.29, 0.717) is 102 Å². The molecule has 0 spiro atoms. The number of thioether (sulfide) groups is 1. The van der Waals surface area contributed by atoms with Crippen molar-refractivity contribution in [2.45, 2.75) is 92.4 Å². The van der Waals surface area contributed by atoms with Crippen LogP contribution >= 0.6 is 23.1 Å². The van der Waals surface area contributed by atoms with Gasteiger partial charge in [0.25, 0.3) is 5.01 Å². The number of aryl methyl sites for hydroxylation is 1. The molecule has 1 aromatic heterocycles. The van der Waals surface area contributed by atoms with Gasteiger partial charge in [-0.05, 0) is 99.1 Å². The van der Waals surface area contributed by atoms with Crippen LogP contribution in [0.1, 0.15) is 76.1 Å². The number of unbranched alkanes of at least 4 members (excludes halogenated alkanes) is 4. The van der Waals surface area contributed by atoms with Crippen molar-refractivity contribution >= 4 is 83.3 Å². The first-order valence-corrected chi connectivity index (χ1v) is 24.9. The molecule has 63 heavy (non-hydrogen) atoms. The van der Waals surface area contributed by atoms with Crippen molar-refractivity contribution in [1.82, 2.24) is 9.80 Å². The molecule has 3 aromatic rings. The first-order valence-electron chi connectivity index (χ1n) is 20.4. The van der Waals surface area contributed by atoms with E-state index in [4.69, 9.17) is 14.9 Å². The Morgan fingerprint density at radius 3 is 2.13 bits per heavy atom. The summed E-state index contributed by atoms with van der Waals surface area (Å²) in [5.74, 6) is -1.75. The van der Waals surface area contributed by atoms with Gasteiger partial charge in [0.2, 0.25) is 5.52 Å². The van der Waals surface area contributed by atoms with Crippen molar-refractivity contribution in [3.05, 3.63) is 81.5 Å². The minimum absolute atomic E-state index is 0. The van der Waals surface area contributed by atoms with E-state index >= 15 is 0 Å². The van der Waals surface area contributed by atoms with E-state index in [1.807, 2.05) is 33.8 Å². The molecule has 0 saturated carbocycles. The molecule has 1 fully saturated rings. The van der Waals surface area contributed by atoms with Crippen molar-refractivity contribution in [1.29, 1.82) is 0 Å². The number of allylic oxidation sites excluding steroid dienone is 5. The van der Waals surface area contributed by atoms with Crippen LogP contribution in [0.4, 0.5) is 10.5 Å². The number of piperazine rings is 1. The number of carbonyl (C=O) groups is 3. The zero-order valence-electron chi connectivity index (χ0n) is 35.2. The summed E-state index contributed by atoms with van der Waals surface area (Å²) in [5.41, 5.74) is 4.26. The third-order valence-corrected chi connectivity index (χ3v) is 14.7. The number of nitrogens with zero attached hydrogens (tertiary/aromatic N) is 4. The van der Waals surface area contributed by atoms with Crippen LogP contribution in [-0.2, 0) is 41.1 Å². The van der Waals surface area contributed by atoms with Crippen LogP contribution in [0.5, 0.6) is 0 Å². The fraction of sp³-hybridized carbons (Fsp3) is 0.429. The molecule has 16 nitrogen and oxygen atoms in total. The number of carboxylic acids is 2. The average molecular weight is 953 g/mol. The van der Waals surface area contributed by atoms with Crippen LogP contribution in [0, 0.1) is 0 Å². The van der Waals surface area contributed by atoms with Crippen LogP contribution in [0.3, 0.4) is 0 Å². The Kier molecular flexibility index (Phi) is 17.9. The number of thiazole rings is 1. The van der Waals surface area contributed by atoms with E-state index in [-0.39, 0.29) is 64.9 Å². The number of carbonyl (C=O) groups excluding carboxylic acids is 1. The molecule has 1 amide bonds. The molecule has 0 radical (unpaired) electrons. The quantitative estimate of drug-likeness (QED) is 0.0759. The third kappa shape index (κ3) is 13.2. The number of aliphatic carboxylic acids is 2. The number of carboxylic acid groups (broad SMARTS) is 2. The maximum atomic E-state index is 12.6. The summed E-state index contributed by atoms with van der Waals surface area (Å²) >= 11 is 2.90. The van der Waals surface area contributed by atoms with E-state index in [1.54, 1.807) is 24.0 Å². The number of ether oxygens (including phenoxy) is 1. The smallest absolute Gasteiger partial charge is 0.744 e. The zero-order valence-corrected chi connectivity index (χ0v) is 40.5. The molecule has 334 valence electrons. The number of benzene rings is 2. The molecule has 0 atom stereocenters. The van der Waals surface area contributed by atoms with E-state index in [0.717, 1.165) is 36.5 Å². The SMILES string of the molecule is CCOC(=O)N1CCN(C2=C(/C=C/c3sc4ccc(S(=O)(=O)[O-])cc4[n+]3CCCCCC(=O)O)CC/C2=C\C=C2\Sc3ccc(S(=O)(=O)[O-])cc3N2CCCCCC(=O)O)CC1.[Na+]. The number of rotatable bonds is 19. The fourth-order valence-electron chi connectivity index (χ4n) is 7.74. The fourth-order valence-corrected chi connectivity index (χ4v) is 10.9. The number of fused-ring (bicyclic) bond motifs is 2. The van der Waals surface area contributed by atoms with E-state index < -0.39 is 32.2 Å². The summed E-state index contributed by atoms with van der Waals surface area (Å²) in [6, 6.07) is 8.63. The predicted molar refractivity (Wildman–Crippen MR) is 231 cm³/mol. The molecule has 1 aliphatic carbocycles.